The van der Waals surface area contributed by atoms with Crippen molar-refractivity contribution in [2.75, 3.05) is 36.4 Å². The van der Waals surface area contributed by atoms with Crippen LogP contribution in [0.3, 0.4) is 0 Å². The van der Waals surface area contributed by atoms with E-state index in [1.165, 1.54) is 54.6 Å². The second kappa shape index (κ2) is 12.6. The molecule has 1 saturated heterocycles. The van der Waals surface area contributed by atoms with Gasteiger partial charge in [-0.2, -0.15) is 0 Å². The van der Waals surface area contributed by atoms with E-state index in [-0.39, 0.29) is 29.1 Å². The summed E-state index contributed by atoms with van der Waals surface area (Å²) in [6.45, 7) is 1.52. The predicted molar refractivity (Wildman–Crippen MR) is 153 cm³/mol. The smallest absolute Gasteiger partial charge is 0.256 e. The summed E-state index contributed by atoms with van der Waals surface area (Å²) >= 11 is 0. The Morgan fingerprint density at radius 2 is 1.43 bits per heavy atom. The van der Waals surface area contributed by atoms with Crippen molar-refractivity contribution in [1.82, 2.24) is 10.2 Å². The third-order valence-electron chi connectivity index (χ3n) is 6.96. The number of nitrogens with zero attached hydrogens (tertiary/aromatic N) is 2. The van der Waals surface area contributed by atoms with E-state index in [0.29, 0.717) is 43.1 Å². The zero-order chi connectivity index (χ0) is 29.6. The molecule has 2 N–H and O–H groups in total. The molecule has 7 nitrogen and oxygen atoms in total. The van der Waals surface area contributed by atoms with Gasteiger partial charge in [0, 0.05) is 49.7 Å². The number of hydrogen-bond donors (Lipinski definition) is 2. The number of carbonyl (C=O) groups is 3. The Bertz CT molecular complexity index is 1620. The Morgan fingerprint density at radius 3 is 2.14 bits per heavy atom. The summed E-state index contributed by atoms with van der Waals surface area (Å²) in [6, 6.07) is 21.7. The first-order valence-electron chi connectivity index (χ1n) is 13.3. The van der Waals surface area contributed by atoms with Crippen molar-refractivity contribution >= 4 is 29.1 Å². The second-order valence-electron chi connectivity index (χ2n) is 9.76. The minimum absolute atomic E-state index is 0.00482. The average Bonchev–Trinajstić information content (AvgIpc) is 3.00. The van der Waals surface area contributed by atoms with E-state index in [0.717, 1.165) is 6.07 Å². The molecule has 1 fully saturated rings. The van der Waals surface area contributed by atoms with Gasteiger partial charge in [0.2, 0.25) is 0 Å². The first-order valence-corrected chi connectivity index (χ1v) is 13.3. The van der Waals surface area contributed by atoms with Crippen molar-refractivity contribution in [2.45, 2.75) is 6.54 Å². The highest BCUT2D eigenvalue weighted by molar-refractivity contribution is 6.06. The van der Waals surface area contributed by atoms with E-state index < -0.39 is 29.4 Å². The molecule has 4 aromatic rings. The summed E-state index contributed by atoms with van der Waals surface area (Å²) < 4.78 is 41.1. The van der Waals surface area contributed by atoms with Crippen LogP contribution < -0.4 is 15.5 Å². The maximum Gasteiger partial charge on any atom is 0.256 e. The van der Waals surface area contributed by atoms with Crippen molar-refractivity contribution < 1.29 is 27.6 Å². The molecule has 0 aliphatic carbocycles. The molecule has 214 valence electrons. The third kappa shape index (κ3) is 6.60. The lowest BCUT2D eigenvalue weighted by molar-refractivity contribution is 0.0741. The van der Waals surface area contributed by atoms with Gasteiger partial charge in [0.25, 0.3) is 17.7 Å². The summed E-state index contributed by atoms with van der Waals surface area (Å²) in [5, 5.41) is 5.53. The Labute approximate surface area is 240 Å². The van der Waals surface area contributed by atoms with E-state index in [9.17, 15) is 27.6 Å². The van der Waals surface area contributed by atoms with Crippen LogP contribution in [0.15, 0.2) is 91.0 Å². The number of nitrogens with one attached hydrogen (secondary N) is 2. The molecule has 1 aliphatic heterocycles. The molecular formula is C32H27F3N4O3. The van der Waals surface area contributed by atoms with Gasteiger partial charge in [0.05, 0.1) is 11.1 Å². The average molecular weight is 573 g/mol. The van der Waals surface area contributed by atoms with Gasteiger partial charge in [-0.3, -0.25) is 14.4 Å². The van der Waals surface area contributed by atoms with Crippen LogP contribution in [0.25, 0.3) is 0 Å². The molecule has 10 heteroatoms. The van der Waals surface area contributed by atoms with Crippen molar-refractivity contribution in [3.63, 3.8) is 0 Å². The fourth-order valence-corrected chi connectivity index (χ4v) is 4.74. The molecule has 1 aliphatic rings. The number of carbonyl (C=O) groups excluding carboxylic acids is 3. The van der Waals surface area contributed by atoms with Crippen molar-refractivity contribution in [2.24, 2.45) is 0 Å². The molecule has 0 saturated carbocycles. The zero-order valence-corrected chi connectivity index (χ0v) is 22.4. The highest BCUT2D eigenvalue weighted by Gasteiger charge is 2.26. The molecule has 0 unspecified atom stereocenters. The minimum Gasteiger partial charge on any atom is -0.367 e. The SMILES string of the molecule is O=C(Nc1ccc(N2CCN(C(=O)c3ccccc3F)CC2)c(C(=O)NCc2ccc(F)cc2)c1)c1cccc(F)c1. The largest absolute Gasteiger partial charge is 0.367 e. The summed E-state index contributed by atoms with van der Waals surface area (Å²) in [4.78, 5) is 42.5. The van der Waals surface area contributed by atoms with E-state index in [1.54, 1.807) is 35.2 Å². The predicted octanol–water partition coefficient (Wildman–Crippen LogP) is 5.25. The summed E-state index contributed by atoms with van der Waals surface area (Å²) in [7, 11) is 0. The minimum atomic E-state index is -0.582. The van der Waals surface area contributed by atoms with Crippen molar-refractivity contribution in [1.29, 1.82) is 0 Å². The fraction of sp³-hybridized carbons (Fsp3) is 0.156. The van der Waals surface area contributed by atoms with Crippen LogP contribution in [0.4, 0.5) is 24.5 Å². The molecule has 5 rings (SSSR count). The third-order valence-corrected chi connectivity index (χ3v) is 6.96. The van der Waals surface area contributed by atoms with Gasteiger partial charge in [-0.15, -0.1) is 0 Å². The molecule has 0 radical (unpaired) electrons. The fourth-order valence-electron chi connectivity index (χ4n) is 4.74. The van der Waals surface area contributed by atoms with Crippen LogP contribution in [0, 0.1) is 17.5 Å². The van der Waals surface area contributed by atoms with Crippen molar-refractivity contribution in [3.8, 4) is 0 Å². The molecule has 0 spiro atoms. The first-order chi connectivity index (χ1) is 20.3. The monoisotopic (exact) mass is 572 g/mol. The number of piperazine rings is 1. The van der Waals surface area contributed by atoms with Gasteiger partial charge >= 0.3 is 0 Å². The van der Waals surface area contributed by atoms with E-state index in [2.05, 4.69) is 10.6 Å². The van der Waals surface area contributed by atoms with Gasteiger partial charge in [-0.05, 0) is 66.2 Å². The zero-order valence-electron chi connectivity index (χ0n) is 22.4. The molecule has 0 bridgehead atoms. The highest BCUT2D eigenvalue weighted by atomic mass is 19.1. The Morgan fingerprint density at radius 1 is 0.690 bits per heavy atom. The number of hydrogen-bond acceptors (Lipinski definition) is 4. The number of halogens is 3. The van der Waals surface area contributed by atoms with Crippen LogP contribution >= 0.6 is 0 Å². The molecule has 0 atom stereocenters. The van der Waals surface area contributed by atoms with Gasteiger partial charge < -0.3 is 20.4 Å². The molecule has 4 aromatic carbocycles. The summed E-state index contributed by atoms with van der Waals surface area (Å²) in [5.41, 5.74) is 1.99. The maximum absolute atomic E-state index is 14.2. The number of rotatable bonds is 7. The van der Waals surface area contributed by atoms with Gasteiger partial charge in [0.15, 0.2) is 0 Å². The van der Waals surface area contributed by atoms with Crippen LogP contribution in [0.1, 0.15) is 36.6 Å². The lowest BCUT2D eigenvalue weighted by Gasteiger charge is -2.37. The van der Waals surface area contributed by atoms with E-state index >= 15 is 0 Å². The number of benzene rings is 4. The van der Waals surface area contributed by atoms with Gasteiger partial charge in [0.1, 0.15) is 17.5 Å². The van der Waals surface area contributed by atoms with Gasteiger partial charge in [-0.1, -0.05) is 30.3 Å². The lowest BCUT2D eigenvalue weighted by Crippen LogP contribution is -2.49. The lowest BCUT2D eigenvalue weighted by atomic mass is 10.1. The van der Waals surface area contributed by atoms with Crippen LogP contribution in [-0.2, 0) is 6.54 Å². The van der Waals surface area contributed by atoms with Crippen LogP contribution in [0.5, 0.6) is 0 Å². The molecule has 42 heavy (non-hydrogen) atoms. The molecule has 3 amide bonds. The maximum atomic E-state index is 14.2. The standard InChI is InChI=1S/C32H27F3N4O3/c33-23-10-8-21(9-11-23)20-36-31(41)27-19-25(37-30(40)22-4-3-5-24(34)18-22)12-13-29(27)38-14-16-39(17-15-38)32(42)26-6-1-2-7-28(26)35/h1-13,18-19H,14-17,20H2,(H,36,41)(H,37,40). The Hall–Kier alpha value is -5.12. The quantitative estimate of drug-likeness (QED) is 0.317. The Kier molecular flexibility index (Phi) is 8.52. The Balaban J connectivity index is 1.35. The summed E-state index contributed by atoms with van der Waals surface area (Å²) in [6.07, 6.45) is 0. The topological polar surface area (TPSA) is 81.8 Å². The molecular weight excluding hydrogens is 545 g/mol. The van der Waals surface area contributed by atoms with E-state index in [4.69, 9.17) is 0 Å². The number of anilines is 2. The summed E-state index contributed by atoms with van der Waals surface area (Å²) in [5.74, 6) is -2.89. The molecule has 0 aromatic heterocycles. The van der Waals surface area contributed by atoms with Crippen LogP contribution in [-0.4, -0.2) is 48.8 Å². The first kappa shape index (κ1) is 28.4. The normalized spacial score (nSPS) is 13.0. The second-order valence-corrected chi connectivity index (χ2v) is 9.76. The van der Waals surface area contributed by atoms with E-state index in [1.807, 2.05) is 4.90 Å². The number of amides is 3. The van der Waals surface area contributed by atoms with Gasteiger partial charge in [-0.25, -0.2) is 13.2 Å². The molecule has 1 heterocycles. The van der Waals surface area contributed by atoms with Crippen LogP contribution in [0.2, 0.25) is 0 Å². The van der Waals surface area contributed by atoms with Crippen molar-refractivity contribution in [3.05, 3.63) is 131 Å². The highest BCUT2D eigenvalue weighted by Crippen LogP contribution is 2.27.